The smallest absolute Gasteiger partial charge is 0.338 e. The SMILES string of the molecule is CCOC(=O)c1cc(S)cc(Br)c1. The molecule has 0 heterocycles. The van der Waals surface area contributed by atoms with Gasteiger partial charge in [-0.15, -0.1) is 12.6 Å². The molecule has 1 rings (SSSR count). The van der Waals surface area contributed by atoms with E-state index in [0.717, 1.165) is 9.37 Å². The summed E-state index contributed by atoms with van der Waals surface area (Å²) >= 11 is 7.42. The number of halogens is 1. The van der Waals surface area contributed by atoms with E-state index in [1.807, 2.05) is 6.07 Å². The van der Waals surface area contributed by atoms with Crippen LogP contribution in [0.4, 0.5) is 0 Å². The van der Waals surface area contributed by atoms with Crippen LogP contribution in [0.1, 0.15) is 17.3 Å². The molecule has 70 valence electrons. The third-order valence-corrected chi connectivity index (χ3v) is 2.11. The van der Waals surface area contributed by atoms with Crippen molar-refractivity contribution >= 4 is 34.5 Å². The van der Waals surface area contributed by atoms with Crippen molar-refractivity contribution in [3.63, 3.8) is 0 Å². The van der Waals surface area contributed by atoms with Gasteiger partial charge < -0.3 is 4.74 Å². The molecule has 0 amide bonds. The van der Waals surface area contributed by atoms with Crippen LogP contribution in [-0.4, -0.2) is 12.6 Å². The molecule has 0 saturated carbocycles. The Morgan fingerprint density at radius 2 is 2.23 bits per heavy atom. The molecule has 1 aromatic carbocycles. The van der Waals surface area contributed by atoms with Gasteiger partial charge in [0.1, 0.15) is 0 Å². The number of hydrogen-bond donors (Lipinski definition) is 1. The summed E-state index contributed by atoms with van der Waals surface area (Å²) in [5.41, 5.74) is 0.515. The predicted molar refractivity (Wildman–Crippen MR) is 57.4 cm³/mol. The Labute approximate surface area is 90.8 Å². The third kappa shape index (κ3) is 3.04. The number of ether oxygens (including phenoxy) is 1. The van der Waals surface area contributed by atoms with Crippen molar-refractivity contribution in [1.82, 2.24) is 0 Å². The van der Waals surface area contributed by atoms with Gasteiger partial charge in [-0.3, -0.25) is 0 Å². The van der Waals surface area contributed by atoms with E-state index in [1.165, 1.54) is 0 Å². The quantitative estimate of drug-likeness (QED) is 0.654. The van der Waals surface area contributed by atoms with E-state index in [9.17, 15) is 4.79 Å². The number of carbonyl (C=O) groups excluding carboxylic acids is 1. The van der Waals surface area contributed by atoms with E-state index in [1.54, 1.807) is 19.1 Å². The number of hydrogen-bond acceptors (Lipinski definition) is 3. The molecule has 0 saturated heterocycles. The molecule has 0 fully saturated rings. The van der Waals surface area contributed by atoms with Crippen molar-refractivity contribution in [2.45, 2.75) is 11.8 Å². The minimum Gasteiger partial charge on any atom is -0.462 e. The molecule has 0 atom stereocenters. The van der Waals surface area contributed by atoms with E-state index >= 15 is 0 Å². The molecule has 4 heteroatoms. The zero-order valence-corrected chi connectivity index (χ0v) is 9.56. The fourth-order valence-corrected chi connectivity index (χ4v) is 1.85. The second-order valence-corrected chi connectivity index (χ2v) is 3.85. The molecule has 0 aliphatic carbocycles. The highest BCUT2D eigenvalue weighted by molar-refractivity contribution is 9.10. The van der Waals surface area contributed by atoms with Crippen LogP contribution in [-0.2, 0) is 4.74 Å². The largest absolute Gasteiger partial charge is 0.462 e. The molecule has 0 unspecified atom stereocenters. The van der Waals surface area contributed by atoms with Crippen LogP contribution in [0.25, 0.3) is 0 Å². The summed E-state index contributed by atoms with van der Waals surface area (Å²) in [5, 5.41) is 0. The molecular formula is C9H9BrO2S. The first-order valence-electron chi connectivity index (χ1n) is 3.80. The van der Waals surface area contributed by atoms with Crippen LogP contribution in [0, 0.1) is 0 Å². The van der Waals surface area contributed by atoms with Crippen LogP contribution in [0.2, 0.25) is 0 Å². The first-order chi connectivity index (χ1) is 6.13. The second-order valence-electron chi connectivity index (χ2n) is 2.42. The van der Waals surface area contributed by atoms with Gasteiger partial charge in [0, 0.05) is 9.37 Å². The fraction of sp³-hybridized carbons (Fsp3) is 0.222. The monoisotopic (exact) mass is 260 g/mol. The van der Waals surface area contributed by atoms with Gasteiger partial charge in [0.05, 0.1) is 12.2 Å². The van der Waals surface area contributed by atoms with Gasteiger partial charge in [0.25, 0.3) is 0 Å². The summed E-state index contributed by atoms with van der Waals surface area (Å²) < 4.78 is 5.67. The normalized spacial score (nSPS) is 9.77. The molecule has 13 heavy (non-hydrogen) atoms. The van der Waals surface area contributed by atoms with Gasteiger partial charge in [0.15, 0.2) is 0 Å². The summed E-state index contributed by atoms with van der Waals surface area (Å²) in [4.78, 5) is 12.0. The Kier molecular flexibility index (Phi) is 3.81. The van der Waals surface area contributed by atoms with Crippen LogP contribution < -0.4 is 0 Å². The first kappa shape index (κ1) is 10.6. The highest BCUT2D eigenvalue weighted by atomic mass is 79.9. The van der Waals surface area contributed by atoms with Gasteiger partial charge in [0.2, 0.25) is 0 Å². The predicted octanol–water partition coefficient (Wildman–Crippen LogP) is 2.91. The van der Waals surface area contributed by atoms with Crippen LogP contribution in [0.5, 0.6) is 0 Å². The molecule has 0 aromatic heterocycles. The third-order valence-electron chi connectivity index (χ3n) is 1.39. The van der Waals surface area contributed by atoms with E-state index in [0.29, 0.717) is 12.2 Å². The Balaban J connectivity index is 2.94. The summed E-state index contributed by atoms with van der Waals surface area (Å²) in [7, 11) is 0. The Bertz CT molecular complexity index is 305. The fourth-order valence-electron chi connectivity index (χ4n) is 0.906. The van der Waals surface area contributed by atoms with E-state index < -0.39 is 0 Å². The lowest BCUT2D eigenvalue weighted by Gasteiger charge is -2.02. The molecule has 0 bridgehead atoms. The maximum atomic E-state index is 11.3. The van der Waals surface area contributed by atoms with Gasteiger partial charge >= 0.3 is 5.97 Å². The van der Waals surface area contributed by atoms with Gasteiger partial charge in [-0.05, 0) is 25.1 Å². The summed E-state index contributed by atoms with van der Waals surface area (Å²) in [5.74, 6) is -0.320. The maximum Gasteiger partial charge on any atom is 0.338 e. The average molecular weight is 261 g/mol. The standard InChI is InChI=1S/C9H9BrO2S/c1-2-12-9(11)6-3-7(10)5-8(13)4-6/h3-5,13H,2H2,1H3. The molecule has 2 nitrogen and oxygen atoms in total. The van der Waals surface area contributed by atoms with Gasteiger partial charge in [-0.25, -0.2) is 4.79 Å². The number of thiol groups is 1. The summed E-state index contributed by atoms with van der Waals surface area (Å²) in [6.45, 7) is 2.16. The van der Waals surface area contributed by atoms with Crippen molar-refractivity contribution in [2.75, 3.05) is 6.61 Å². The van der Waals surface area contributed by atoms with Crippen LogP contribution in [0.3, 0.4) is 0 Å². The molecule has 1 aromatic rings. The van der Waals surface area contributed by atoms with E-state index in [4.69, 9.17) is 4.74 Å². The lowest BCUT2D eigenvalue weighted by Crippen LogP contribution is -2.04. The Morgan fingerprint density at radius 3 is 2.77 bits per heavy atom. The number of esters is 1. The Hall–Kier alpha value is -0.480. The lowest BCUT2D eigenvalue weighted by atomic mass is 10.2. The van der Waals surface area contributed by atoms with E-state index in [-0.39, 0.29) is 5.97 Å². The zero-order valence-electron chi connectivity index (χ0n) is 7.08. The molecule has 0 aliphatic heterocycles. The zero-order chi connectivity index (χ0) is 9.84. The highest BCUT2D eigenvalue weighted by Gasteiger charge is 2.07. The van der Waals surface area contributed by atoms with Crippen molar-refractivity contribution in [3.05, 3.63) is 28.2 Å². The van der Waals surface area contributed by atoms with Crippen molar-refractivity contribution in [1.29, 1.82) is 0 Å². The average Bonchev–Trinajstić information content (AvgIpc) is 2.03. The topological polar surface area (TPSA) is 26.3 Å². The van der Waals surface area contributed by atoms with Gasteiger partial charge in [-0.1, -0.05) is 15.9 Å². The molecule has 0 radical (unpaired) electrons. The minimum atomic E-state index is -0.320. The van der Waals surface area contributed by atoms with Gasteiger partial charge in [-0.2, -0.15) is 0 Å². The van der Waals surface area contributed by atoms with Crippen LogP contribution >= 0.6 is 28.6 Å². The molecule has 0 aliphatic rings. The molecule has 0 N–H and O–H groups in total. The summed E-state index contributed by atoms with van der Waals surface area (Å²) in [6.07, 6.45) is 0. The number of carbonyl (C=O) groups is 1. The first-order valence-corrected chi connectivity index (χ1v) is 5.04. The molecule has 0 spiro atoms. The second kappa shape index (κ2) is 4.67. The lowest BCUT2D eigenvalue weighted by molar-refractivity contribution is 0.0526. The Morgan fingerprint density at radius 1 is 1.54 bits per heavy atom. The van der Waals surface area contributed by atoms with Crippen molar-refractivity contribution in [3.8, 4) is 0 Å². The summed E-state index contributed by atoms with van der Waals surface area (Å²) in [6, 6.07) is 5.19. The van der Waals surface area contributed by atoms with Crippen molar-refractivity contribution in [2.24, 2.45) is 0 Å². The number of benzene rings is 1. The molecular weight excluding hydrogens is 252 g/mol. The number of rotatable bonds is 2. The highest BCUT2D eigenvalue weighted by Crippen LogP contribution is 2.18. The maximum absolute atomic E-state index is 11.3. The van der Waals surface area contributed by atoms with Crippen molar-refractivity contribution < 1.29 is 9.53 Å². The van der Waals surface area contributed by atoms with Crippen LogP contribution in [0.15, 0.2) is 27.6 Å². The van der Waals surface area contributed by atoms with E-state index in [2.05, 4.69) is 28.6 Å². The minimum absolute atomic E-state index is 0.320.